The molecule has 0 aliphatic rings. The van der Waals surface area contributed by atoms with Crippen molar-refractivity contribution in [3.63, 3.8) is 0 Å². The highest BCUT2D eigenvalue weighted by molar-refractivity contribution is 7.92. The van der Waals surface area contributed by atoms with Crippen molar-refractivity contribution in [2.24, 2.45) is 0 Å². The van der Waals surface area contributed by atoms with Crippen LogP contribution in [0.15, 0.2) is 47.4 Å². The van der Waals surface area contributed by atoms with E-state index in [9.17, 15) is 13.2 Å². The first-order chi connectivity index (χ1) is 13.6. The van der Waals surface area contributed by atoms with Crippen molar-refractivity contribution in [3.05, 3.63) is 58.6 Å². The second-order valence-corrected chi connectivity index (χ2v) is 9.54. The van der Waals surface area contributed by atoms with E-state index in [1.165, 1.54) is 24.3 Å². The van der Waals surface area contributed by atoms with Gasteiger partial charge in [-0.2, -0.15) is 0 Å². The minimum atomic E-state index is -3.93. The second-order valence-electron chi connectivity index (χ2n) is 7.24. The number of benzene rings is 2. The van der Waals surface area contributed by atoms with Crippen LogP contribution in [0.25, 0.3) is 0 Å². The molecule has 0 aliphatic carbocycles. The van der Waals surface area contributed by atoms with Crippen LogP contribution in [0.1, 0.15) is 17.5 Å². The molecule has 6 nitrogen and oxygen atoms in total. The van der Waals surface area contributed by atoms with Crippen molar-refractivity contribution in [1.82, 2.24) is 10.2 Å². The summed E-state index contributed by atoms with van der Waals surface area (Å²) in [6, 6.07) is 11.3. The number of hydrogen-bond acceptors (Lipinski definition) is 4. The van der Waals surface area contributed by atoms with Gasteiger partial charge in [-0.25, -0.2) is 8.42 Å². The topological polar surface area (TPSA) is 69.7 Å². The van der Waals surface area contributed by atoms with Crippen LogP contribution >= 0.6 is 11.6 Å². The summed E-state index contributed by atoms with van der Waals surface area (Å²) >= 11 is 5.90. The molecule has 1 N–H and O–H groups in total. The Labute approximate surface area is 178 Å². The predicted octanol–water partition coefficient (Wildman–Crippen LogP) is 3.22. The zero-order valence-electron chi connectivity index (χ0n) is 17.3. The Kier molecular flexibility index (Phi) is 8.07. The lowest BCUT2D eigenvalue weighted by Gasteiger charge is -2.25. The molecule has 0 fully saturated rings. The number of halogens is 1. The number of nitrogens with zero attached hydrogens (tertiary/aromatic N) is 2. The molecule has 2 aromatic carbocycles. The number of anilines is 1. The number of rotatable bonds is 9. The molecular formula is C21H28ClN3O3S. The van der Waals surface area contributed by atoms with Crippen LogP contribution in [0.5, 0.6) is 0 Å². The van der Waals surface area contributed by atoms with Gasteiger partial charge in [0.1, 0.15) is 6.54 Å². The Morgan fingerprint density at radius 3 is 2.28 bits per heavy atom. The van der Waals surface area contributed by atoms with Crippen LogP contribution in [0.2, 0.25) is 5.02 Å². The molecule has 0 saturated heterocycles. The van der Waals surface area contributed by atoms with E-state index >= 15 is 0 Å². The quantitative estimate of drug-likeness (QED) is 0.611. The zero-order valence-corrected chi connectivity index (χ0v) is 18.8. The largest absolute Gasteiger partial charge is 0.354 e. The summed E-state index contributed by atoms with van der Waals surface area (Å²) in [6.45, 7) is 4.89. The number of carbonyl (C=O) groups excluding carboxylic acids is 1. The number of sulfonamides is 1. The minimum Gasteiger partial charge on any atom is -0.354 e. The average Bonchev–Trinajstić information content (AvgIpc) is 2.66. The van der Waals surface area contributed by atoms with E-state index < -0.39 is 10.0 Å². The first kappa shape index (κ1) is 23.2. The molecular weight excluding hydrogens is 410 g/mol. The number of hydrogen-bond donors (Lipinski definition) is 1. The predicted molar refractivity (Wildman–Crippen MR) is 118 cm³/mol. The van der Waals surface area contributed by atoms with Gasteiger partial charge in [0, 0.05) is 11.6 Å². The van der Waals surface area contributed by atoms with Gasteiger partial charge in [0.15, 0.2) is 0 Å². The molecule has 0 saturated carbocycles. The van der Waals surface area contributed by atoms with Crippen LogP contribution in [0.3, 0.4) is 0 Å². The van der Waals surface area contributed by atoms with Gasteiger partial charge in [0.2, 0.25) is 5.91 Å². The molecule has 2 aromatic rings. The van der Waals surface area contributed by atoms with Crippen molar-refractivity contribution in [3.8, 4) is 0 Å². The van der Waals surface area contributed by atoms with Gasteiger partial charge < -0.3 is 10.2 Å². The SMILES string of the molecule is Cc1ccc(N(CC(=O)NCCCN(C)C)S(=O)(=O)c2ccc(Cl)cc2)cc1C. The zero-order chi connectivity index (χ0) is 21.6. The summed E-state index contributed by atoms with van der Waals surface area (Å²) in [5.41, 5.74) is 2.45. The van der Waals surface area contributed by atoms with Crippen molar-refractivity contribution in [2.75, 3.05) is 38.0 Å². The average molecular weight is 438 g/mol. The number of aryl methyl sites for hydroxylation is 2. The summed E-state index contributed by atoms with van der Waals surface area (Å²) in [5, 5.41) is 3.25. The van der Waals surface area contributed by atoms with Crippen molar-refractivity contribution >= 4 is 33.2 Å². The molecule has 29 heavy (non-hydrogen) atoms. The van der Waals surface area contributed by atoms with Gasteiger partial charge >= 0.3 is 0 Å². The van der Waals surface area contributed by atoms with Crippen LogP contribution in [-0.4, -0.2) is 53.0 Å². The summed E-state index contributed by atoms with van der Waals surface area (Å²) in [6.07, 6.45) is 0.784. The van der Waals surface area contributed by atoms with Crippen LogP contribution in [0, 0.1) is 13.8 Å². The van der Waals surface area contributed by atoms with Crippen molar-refractivity contribution < 1.29 is 13.2 Å². The van der Waals surface area contributed by atoms with E-state index in [0.717, 1.165) is 28.4 Å². The maximum atomic E-state index is 13.3. The van der Waals surface area contributed by atoms with E-state index in [-0.39, 0.29) is 17.3 Å². The smallest absolute Gasteiger partial charge is 0.264 e. The van der Waals surface area contributed by atoms with Gasteiger partial charge in [0.05, 0.1) is 10.6 Å². The normalized spacial score (nSPS) is 11.5. The highest BCUT2D eigenvalue weighted by Crippen LogP contribution is 2.26. The first-order valence-electron chi connectivity index (χ1n) is 9.38. The molecule has 0 radical (unpaired) electrons. The lowest BCUT2D eigenvalue weighted by atomic mass is 10.1. The summed E-state index contributed by atoms with van der Waals surface area (Å²) < 4.78 is 27.7. The fourth-order valence-electron chi connectivity index (χ4n) is 2.74. The summed E-state index contributed by atoms with van der Waals surface area (Å²) in [7, 11) is -0.0134. The standard InChI is InChI=1S/C21H28ClN3O3S/c1-16-6-9-19(14-17(16)2)25(15-21(26)23-12-5-13-24(3)4)29(27,28)20-10-7-18(22)8-11-20/h6-11,14H,5,12-13,15H2,1-4H3,(H,23,26). The van der Waals surface area contributed by atoms with E-state index in [1.807, 2.05) is 38.9 Å². The van der Waals surface area contributed by atoms with Crippen molar-refractivity contribution in [2.45, 2.75) is 25.2 Å². The lowest BCUT2D eigenvalue weighted by molar-refractivity contribution is -0.119. The maximum absolute atomic E-state index is 13.3. The monoisotopic (exact) mass is 437 g/mol. The van der Waals surface area contributed by atoms with Gasteiger partial charge in [-0.3, -0.25) is 9.10 Å². The third-order valence-electron chi connectivity index (χ3n) is 4.57. The van der Waals surface area contributed by atoms with E-state index in [4.69, 9.17) is 11.6 Å². The van der Waals surface area contributed by atoms with Gasteiger partial charge in [0.25, 0.3) is 10.0 Å². The number of carbonyl (C=O) groups is 1. The number of nitrogens with one attached hydrogen (secondary N) is 1. The molecule has 8 heteroatoms. The van der Waals surface area contributed by atoms with E-state index in [1.54, 1.807) is 12.1 Å². The first-order valence-corrected chi connectivity index (χ1v) is 11.2. The lowest BCUT2D eigenvalue weighted by Crippen LogP contribution is -2.41. The molecule has 0 unspecified atom stereocenters. The molecule has 158 valence electrons. The molecule has 0 heterocycles. The van der Waals surface area contributed by atoms with Crippen LogP contribution in [-0.2, 0) is 14.8 Å². The highest BCUT2D eigenvalue weighted by atomic mass is 35.5. The Morgan fingerprint density at radius 1 is 1.03 bits per heavy atom. The maximum Gasteiger partial charge on any atom is 0.264 e. The Bertz CT molecular complexity index is 944. The minimum absolute atomic E-state index is 0.0838. The third kappa shape index (κ3) is 6.45. The molecule has 1 amide bonds. The molecule has 0 bridgehead atoms. The Balaban J connectivity index is 2.29. The second kappa shape index (κ2) is 10.1. The summed E-state index contributed by atoms with van der Waals surface area (Å²) in [4.78, 5) is 14.6. The van der Waals surface area contributed by atoms with Crippen molar-refractivity contribution in [1.29, 1.82) is 0 Å². The molecule has 0 aromatic heterocycles. The van der Waals surface area contributed by atoms with Gasteiger partial charge in [-0.05, 0) is 88.4 Å². The van der Waals surface area contributed by atoms with Crippen LogP contribution < -0.4 is 9.62 Å². The molecule has 0 aliphatic heterocycles. The Hall–Kier alpha value is -2.09. The van der Waals surface area contributed by atoms with Gasteiger partial charge in [-0.15, -0.1) is 0 Å². The van der Waals surface area contributed by atoms with Gasteiger partial charge in [-0.1, -0.05) is 17.7 Å². The van der Waals surface area contributed by atoms with Crippen LogP contribution in [0.4, 0.5) is 5.69 Å². The number of amides is 1. The highest BCUT2D eigenvalue weighted by Gasteiger charge is 2.27. The molecule has 0 atom stereocenters. The molecule has 2 rings (SSSR count). The third-order valence-corrected chi connectivity index (χ3v) is 6.61. The van der Waals surface area contributed by atoms with E-state index in [2.05, 4.69) is 5.32 Å². The Morgan fingerprint density at radius 2 is 1.69 bits per heavy atom. The summed E-state index contributed by atoms with van der Waals surface area (Å²) in [5.74, 6) is -0.348. The van der Waals surface area contributed by atoms with E-state index in [0.29, 0.717) is 17.3 Å². The molecule has 0 spiro atoms. The fourth-order valence-corrected chi connectivity index (χ4v) is 4.28. The fraction of sp³-hybridized carbons (Fsp3) is 0.381.